The van der Waals surface area contributed by atoms with E-state index in [1.165, 1.54) is 18.6 Å². The number of ether oxygens (including phenoxy) is 3. The summed E-state index contributed by atoms with van der Waals surface area (Å²) in [5.74, 6) is -1.22. The van der Waals surface area contributed by atoms with Gasteiger partial charge < -0.3 is 14.2 Å². The minimum Gasteiger partial charge on any atom is -0.458 e. The number of carbonyl (C=O) groups excluding carboxylic acids is 3. The van der Waals surface area contributed by atoms with Gasteiger partial charge in [0.25, 0.3) is 0 Å². The predicted octanol–water partition coefficient (Wildman–Crippen LogP) is 4.05. The number of unbranched alkanes of at least 4 members (excludes halogenated alkanes) is 2. The van der Waals surface area contributed by atoms with Gasteiger partial charge >= 0.3 is 23.5 Å². The molecule has 0 saturated heterocycles. The Morgan fingerprint density at radius 2 is 1.61 bits per heavy atom. The van der Waals surface area contributed by atoms with Gasteiger partial charge in [-0.1, -0.05) is 13.2 Å². The van der Waals surface area contributed by atoms with Gasteiger partial charge in [-0.05, 0) is 39.5 Å². The number of amides is 1. The Bertz CT molecular complexity index is 580. The van der Waals surface area contributed by atoms with E-state index < -0.39 is 41.6 Å². The number of nitrogens with one attached hydrogen (secondary N) is 1. The van der Waals surface area contributed by atoms with Crippen molar-refractivity contribution in [2.75, 3.05) is 13.2 Å². The Labute approximate surface area is 165 Å². The average Bonchev–Trinajstić information content (AvgIpc) is 2.59. The molecule has 0 radical (unpaired) electrons. The summed E-state index contributed by atoms with van der Waals surface area (Å²) >= 11 is -0.696. The second kappa shape index (κ2) is 13.1. The molecular weight excluding hydrogens is 403 g/mol. The van der Waals surface area contributed by atoms with Crippen molar-refractivity contribution in [2.45, 2.75) is 51.1 Å². The van der Waals surface area contributed by atoms with E-state index in [2.05, 4.69) is 17.9 Å². The maximum atomic E-state index is 11.9. The average molecular weight is 427 g/mol. The first-order valence-corrected chi connectivity index (χ1v) is 9.10. The highest BCUT2D eigenvalue weighted by molar-refractivity contribution is 7.98. The Morgan fingerprint density at radius 3 is 2.14 bits per heavy atom. The first kappa shape index (κ1) is 25.8. The number of alkyl halides is 3. The third kappa shape index (κ3) is 14.0. The summed E-state index contributed by atoms with van der Waals surface area (Å²) in [6, 6.07) is 0. The quantitative estimate of drug-likeness (QED) is 0.165. The Hall–Kier alpha value is -2.17. The van der Waals surface area contributed by atoms with E-state index in [1.54, 1.807) is 0 Å². The van der Waals surface area contributed by atoms with Gasteiger partial charge in [0.2, 0.25) is 0 Å². The molecule has 0 rings (SSSR count). The van der Waals surface area contributed by atoms with Crippen LogP contribution < -0.4 is 4.72 Å². The Balaban J connectivity index is 4.16. The first-order valence-electron chi connectivity index (χ1n) is 8.29. The topological polar surface area (TPSA) is 90.9 Å². The van der Waals surface area contributed by atoms with E-state index in [4.69, 9.17) is 9.47 Å². The molecule has 0 fully saturated rings. The van der Waals surface area contributed by atoms with Gasteiger partial charge in [-0.2, -0.15) is 13.2 Å². The summed E-state index contributed by atoms with van der Waals surface area (Å²) in [7, 11) is 0. The first-order chi connectivity index (χ1) is 12.9. The van der Waals surface area contributed by atoms with Crippen molar-refractivity contribution in [1.29, 1.82) is 0 Å². The molecule has 0 aliphatic carbocycles. The van der Waals surface area contributed by atoms with Crippen molar-refractivity contribution in [3.8, 4) is 0 Å². The maximum Gasteiger partial charge on any atom is 0.461 e. The predicted molar refractivity (Wildman–Crippen MR) is 97.1 cm³/mol. The number of carbonyl (C=O) groups is 3. The molecular formula is C17H24F3NO6S. The second-order valence-corrected chi connectivity index (χ2v) is 6.69. The van der Waals surface area contributed by atoms with Crippen molar-refractivity contribution in [3.63, 3.8) is 0 Å². The Kier molecular flexibility index (Phi) is 12.1. The monoisotopic (exact) mass is 427 g/mol. The smallest absolute Gasteiger partial charge is 0.458 e. The van der Waals surface area contributed by atoms with E-state index in [0.29, 0.717) is 25.7 Å². The zero-order valence-electron chi connectivity index (χ0n) is 15.7. The molecule has 160 valence electrons. The fourth-order valence-electron chi connectivity index (χ4n) is 1.66. The number of hydrogen-bond acceptors (Lipinski definition) is 7. The van der Waals surface area contributed by atoms with Crippen LogP contribution in [0.5, 0.6) is 0 Å². The van der Waals surface area contributed by atoms with Crippen molar-refractivity contribution in [1.82, 2.24) is 4.72 Å². The van der Waals surface area contributed by atoms with Crippen LogP contribution in [0.15, 0.2) is 24.3 Å². The molecule has 7 nitrogen and oxygen atoms in total. The van der Waals surface area contributed by atoms with Crippen LogP contribution in [0.1, 0.15) is 39.5 Å². The summed E-state index contributed by atoms with van der Waals surface area (Å²) in [6.45, 7) is 9.69. The molecule has 0 aromatic rings. The van der Waals surface area contributed by atoms with Gasteiger partial charge in [-0.15, -0.1) is 0 Å². The van der Waals surface area contributed by atoms with Crippen LogP contribution in [-0.2, 0) is 23.8 Å². The molecule has 0 heterocycles. The van der Waals surface area contributed by atoms with E-state index in [-0.39, 0.29) is 24.4 Å². The second-order valence-electron chi connectivity index (χ2n) is 5.82. The number of halogens is 3. The highest BCUT2D eigenvalue weighted by Crippen LogP contribution is 2.27. The van der Waals surface area contributed by atoms with Crippen LogP contribution in [0.4, 0.5) is 18.0 Å². The molecule has 1 N–H and O–H groups in total. The van der Waals surface area contributed by atoms with Crippen LogP contribution >= 0.6 is 11.9 Å². The lowest BCUT2D eigenvalue weighted by atomic mass is 10.1. The molecule has 11 heteroatoms. The fraction of sp³-hybridized carbons (Fsp3) is 0.588. The van der Waals surface area contributed by atoms with E-state index >= 15 is 0 Å². The zero-order chi connectivity index (χ0) is 21.7. The number of rotatable bonds is 12. The molecule has 0 saturated carbocycles. The number of hydrogen-bond donors (Lipinski definition) is 1. The van der Waals surface area contributed by atoms with Crippen LogP contribution in [-0.4, -0.2) is 42.9 Å². The van der Waals surface area contributed by atoms with Crippen molar-refractivity contribution >= 4 is 30.0 Å². The minimum atomic E-state index is -4.58. The van der Waals surface area contributed by atoms with Gasteiger partial charge in [0.1, 0.15) is 12.7 Å². The fourth-order valence-corrected chi connectivity index (χ4v) is 1.92. The molecule has 0 bridgehead atoms. The van der Waals surface area contributed by atoms with Crippen molar-refractivity contribution in [3.05, 3.63) is 24.3 Å². The van der Waals surface area contributed by atoms with Gasteiger partial charge in [0.15, 0.2) is 0 Å². The lowest BCUT2D eigenvalue weighted by Gasteiger charge is -2.18. The third-order valence-corrected chi connectivity index (χ3v) is 3.52. The summed E-state index contributed by atoms with van der Waals surface area (Å²) < 4.78 is 52.0. The summed E-state index contributed by atoms with van der Waals surface area (Å²) in [6.07, 6.45) is 0.00770. The highest BCUT2D eigenvalue weighted by Gasteiger charge is 2.30. The number of esters is 2. The molecule has 0 spiro atoms. The summed E-state index contributed by atoms with van der Waals surface area (Å²) in [5.41, 5.74) is -4.17. The molecule has 1 atom stereocenters. The SMILES string of the molecule is C=C(C)C(=O)OCC(CCCCCOC(=O)NSC(F)(F)F)OC(=O)C(=C)C. The zero-order valence-corrected chi connectivity index (χ0v) is 16.5. The minimum absolute atomic E-state index is 0.0644. The summed E-state index contributed by atoms with van der Waals surface area (Å²) in [4.78, 5) is 34.1. The molecule has 28 heavy (non-hydrogen) atoms. The van der Waals surface area contributed by atoms with Gasteiger partial charge in [-0.3, -0.25) is 4.72 Å². The molecule has 1 unspecified atom stereocenters. The molecule has 0 aromatic carbocycles. The Morgan fingerprint density at radius 1 is 1.00 bits per heavy atom. The molecule has 1 amide bonds. The van der Waals surface area contributed by atoms with Crippen LogP contribution in [0.3, 0.4) is 0 Å². The lowest BCUT2D eigenvalue weighted by molar-refractivity contribution is -0.154. The molecule has 0 aliphatic rings. The van der Waals surface area contributed by atoms with Gasteiger partial charge in [0, 0.05) is 11.1 Å². The molecule has 0 aromatic heterocycles. The van der Waals surface area contributed by atoms with Gasteiger partial charge in [0.05, 0.1) is 18.6 Å². The van der Waals surface area contributed by atoms with E-state index in [9.17, 15) is 27.6 Å². The lowest BCUT2D eigenvalue weighted by Crippen LogP contribution is -2.26. The van der Waals surface area contributed by atoms with Crippen molar-refractivity contribution < 1.29 is 41.8 Å². The van der Waals surface area contributed by atoms with E-state index in [1.807, 2.05) is 0 Å². The normalized spacial score (nSPS) is 11.9. The van der Waals surface area contributed by atoms with Crippen molar-refractivity contribution in [2.24, 2.45) is 0 Å². The maximum absolute atomic E-state index is 11.9. The van der Waals surface area contributed by atoms with Gasteiger partial charge in [-0.25, -0.2) is 14.4 Å². The largest absolute Gasteiger partial charge is 0.461 e. The van der Waals surface area contributed by atoms with Crippen LogP contribution in [0, 0.1) is 0 Å². The van der Waals surface area contributed by atoms with Crippen LogP contribution in [0.25, 0.3) is 0 Å². The highest BCUT2D eigenvalue weighted by atomic mass is 32.2. The van der Waals surface area contributed by atoms with E-state index in [0.717, 1.165) is 0 Å². The summed E-state index contributed by atoms with van der Waals surface area (Å²) in [5, 5.41) is 0. The standard InChI is InChI=1S/C17H24F3NO6S/c1-11(2)14(22)26-10-13(27-15(23)12(3)4)8-6-5-7-9-25-16(24)21-28-17(18,19)20/h13H,1,3,5-10H2,2,4H3,(H,21,24). The molecule has 0 aliphatic heterocycles. The third-order valence-electron chi connectivity index (χ3n) is 3.02. The van der Waals surface area contributed by atoms with Crippen LogP contribution in [0.2, 0.25) is 0 Å².